The second-order valence-corrected chi connectivity index (χ2v) is 10.9. The van der Waals surface area contributed by atoms with Crippen LogP contribution >= 0.6 is 11.3 Å². The number of carbonyl (C=O) groups excluding carboxylic acids is 1. The van der Waals surface area contributed by atoms with Crippen molar-refractivity contribution in [2.75, 3.05) is 49.6 Å². The molecular weight excluding hydrogens is 460 g/mol. The molecule has 2 aromatic carbocycles. The fourth-order valence-corrected chi connectivity index (χ4v) is 6.24. The minimum atomic E-state index is -3.69. The predicted octanol–water partition coefficient (Wildman–Crippen LogP) is 2.98. The molecule has 1 amide bonds. The van der Waals surface area contributed by atoms with Crippen LogP contribution in [0, 0.1) is 6.92 Å². The highest BCUT2D eigenvalue weighted by molar-refractivity contribution is 7.89. The Morgan fingerprint density at radius 3 is 2.48 bits per heavy atom. The average Bonchev–Trinajstić information content (AvgIpc) is 3.32. The van der Waals surface area contributed by atoms with Crippen molar-refractivity contribution in [3.8, 4) is 16.3 Å². The van der Waals surface area contributed by atoms with Crippen LogP contribution < -0.4 is 14.5 Å². The second-order valence-electron chi connectivity index (χ2n) is 8.14. The summed E-state index contributed by atoms with van der Waals surface area (Å²) in [6, 6.07) is 12.9. The summed E-state index contributed by atoms with van der Waals surface area (Å²) in [5, 5.41) is 2.98. The summed E-state index contributed by atoms with van der Waals surface area (Å²) in [5.41, 5.74) is 2.76. The van der Waals surface area contributed by atoms with Crippen LogP contribution in [-0.2, 0) is 14.8 Å². The van der Waals surface area contributed by atoms with E-state index in [2.05, 4.69) is 36.1 Å². The molecule has 8 nitrogen and oxygen atoms in total. The summed E-state index contributed by atoms with van der Waals surface area (Å²) >= 11 is 1.59. The summed E-state index contributed by atoms with van der Waals surface area (Å²) in [7, 11) is -2.07. The first-order chi connectivity index (χ1) is 15.8. The second kappa shape index (κ2) is 8.44. The van der Waals surface area contributed by atoms with E-state index in [1.807, 2.05) is 5.38 Å². The van der Waals surface area contributed by atoms with Crippen LogP contribution in [0.2, 0.25) is 0 Å². The Labute approximate surface area is 197 Å². The van der Waals surface area contributed by atoms with E-state index in [1.54, 1.807) is 30.5 Å². The maximum Gasteiger partial charge on any atom is 0.264 e. The number of hydrogen-bond donors (Lipinski definition) is 0. The lowest BCUT2D eigenvalue weighted by molar-refractivity contribution is -0.120. The smallest absolute Gasteiger partial charge is 0.264 e. The van der Waals surface area contributed by atoms with Crippen LogP contribution in [0.25, 0.3) is 10.6 Å². The first kappa shape index (κ1) is 21.9. The van der Waals surface area contributed by atoms with E-state index in [4.69, 9.17) is 9.72 Å². The zero-order valence-electron chi connectivity index (χ0n) is 18.4. The van der Waals surface area contributed by atoms with Crippen molar-refractivity contribution in [2.45, 2.75) is 11.8 Å². The molecule has 0 aliphatic carbocycles. The molecule has 0 saturated carbocycles. The molecule has 2 aliphatic heterocycles. The maximum absolute atomic E-state index is 13.3. The molecule has 0 atom stereocenters. The Balaban J connectivity index is 1.29. The SMILES string of the molecule is Cc1ccc(-c2nc(N3CCN(S(=O)(=O)c4ccc5c(c4)N(C)C(=O)CO5)CC3)cs2)cc1. The zero-order valence-corrected chi connectivity index (χ0v) is 20.0. The number of rotatable bonds is 4. The number of likely N-dealkylation sites (N-methyl/N-ethyl adjacent to an activating group) is 1. The van der Waals surface area contributed by atoms with Crippen molar-refractivity contribution in [3.05, 3.63) is 53.4 Å². The highest BCUT2D eigenvalue weighted by Crippen LogP contribution is 2.34. The van der Waals surface area contributed by atoms with Gasteiger partial charge >= 0.3 is 0 Å². The Morgan fingerprint density at radius 2 is 1.76 bits per heavy atom. The Kier molecular flexibility index (Phi) is 5.59. The van der Waals surface area contributed by atoms with Crippen molar-refractivity contribution in [1.29, 1.82) is 0 Å². The molecule has 1 aromatic heterocycles. The highest BCUT2D eigenvalue weighted by atomic mass is 32.2. The molecule has 0 N–H and O–H groups in total. The quantitative estimate of drug-likeness (QED) is 0.566. The highest BCUT2D eigenvalue weighted by Gasteiger charge is 2.31. The number of benzene rings is 2. The molecule has 0 radical (unpaired) electrons. The number of carbonyl (C=O) groups is 1. The number of ether oxygens (including phenoxy) is 1. The number of nitrogens with zero attached hydrogens (tertiary/aromatic N) is 4. The number of anilines is 2. The van der Waals surface area contributed by atoms with Crippen molar-refractivity contribution < 1.29 is 17.9 Å². The van der Waals surface area contributed by atoms with Crippen molar-refractivity contribution >= 4 is 38.8 Å². The minimum Gasteiger partial charge on any atom is -0.482 e. The molecule has 3 heterocycles. The Morgan fingerprint density at radius 1 is 1.03 bits per heavy atom. The largest absolute Gasteiger partial charge is 0.482 e. The van der Waals surface area contributed by atoms with Gasteiger partial charge in [0.1, 0.15) is 16.6 Å². The van der Waals surface area contributed by atoms with Gasteiger partial charge in [-0.2, -0.15) is 4.31 Å². The lowest BCUT2D eigenvalue weighted by Gasteiger charge is -2.34. The third-order valence-electron chi connectivity index (χ3n) is 6.01. The molecule has 5 rings (SSSR count). The molecule has 0 bridgehead atoms. The number of piperazine rings is 1. The minimum absolute atomic E-state index is 0.0419. The number of aryl methyl sites for hydroxylation is 1. The first-order valence-electron chi connectivity index (χ1n) is 10.6. The first-order valence-corrected chi connectivity index (χ1v) is 13.0. The lowest BCUT2D eigenvalue weighted by Crippen LogP contribution is -2.48. The number of aromatic nitrogens is 1. The third kappa shape index (κ3) is 4.09. The van der Waals surface area contributed by atoms with Gasteiger partial charge < -0.3 is 14.5 Å². The summed E-state index contributed by atoms with van der Waals surface area (Å²) in [4.78, 5) is 20.4. The van der Waals surface area contributed by atoms with E-state index in [-0.39, 0.29) is 17.4 Å². The Bertz CT molecular complexity index is 1300. The van der Waals surface area contributed by atoms with Crippen LogP contribution in [-0.4, -0.2) is 63.4 Å². The van der Waals surface area contributed by atoms with E-state index in [9.17, 15) is 13.2 Å². The molecule has 33 heavy (non-hydrogen) atoms. The van der Waals surface area contributed by atoms with Gasteiger partial charge in [-0.05, 0) is 25.1 Å². The predicted molar refractivity (Wildman–Crippen MR) is 129 cm³/mol. The van der Waals surface area contributed by atoms with Gasteiger partial charge in [-0.25, -0.2) is 13.4 Å². The van der Waals surface area contributed by atoms with Gasteiger partial charge in [0.05, 0.1) is 10.6 Å². The summed E-state index contributed by atoms with van der Waals surface area (Å²) in [6.45, 7) is 3.86. The lowest BCUT2D eigenvalue weighted by atomic mass is 10.2. The topological polar surface area (TPSA) is 83.1 Å². The van der Waals surface area contributed by atoms with Gasteiger partial charge in [-0.1, -0.05) is 29.8 Å². The molecule has 3 aromatic rings. The van der Waals surface area contributed by atoms with Crippen LogP contribution in [0.1, 0.15) is 5.56 Å². The van der Waals surface area contributed by atoms with Gasteiger partial charge in [0.2, 0.25) is 10.0 Å². The molecule has 1 saturated heterocycles. The van der Waals surface area contributed by atoms with Gasteiger partial charge in [0.25, 0.3) is 5.91 Å². The molecule has 0 spiro atoms. The van der Waals surface area contributed by atoms with E-state index in [0.29, 0.717) is 37.6 Å². The molecule has 0 unspecified atom stereocenters. The van der Waals surface area contributed by atoms with Crippen LogP contribution in [0.15, 0.2) is 52.7 Å². The fourth-order valence-electron chi connectivity index (χ4n) is 3.96. The van der Waals surface area contributed by atoms with Gasteiger partial charge in [-0.15, -0.1) is 11.3 Å². The summed E-state index contributed by atoms with van der Waals surface area (Å²) < 4.78 is 33.4. The van der Waals surface area contributed by atoms with Crippen molar-refractivity contribution in [1.82, 2.24) is 9.29 Å². The monoisotopic (exact) mass is 484 g/mol. The molecule has 1 fully saturated rings. The maximum atomic E-state index is 13.3. The normalized spacial score (nSPS) is 17.1. The van der Waals surface area contributed by atoms with Crippen molar-refractivity contribution in [3.63, 3.8) is 0 Å². The van der Waals surface area contributed by atoms with Crippen molar-refractivity contribution in [2.24, 2.45) is 0 Å². The van der Waals surface area contributed by atoms with E-state index in [0.717, 1.165) is 16.4 Å². The van der Waals surface area contributed by atoms with Gasteiger partial charge in [-0.3, -0.25) is 4.79 Å². The van der Waals surface area contributed by atoms with E-state index >= 15 is 0 Å². The summed E-state index contributed by atoms with van der Waals surface area (Å²) in [5.74, 6) is 1.17. The number of hydrogen-bond acceptors (Lipinski definition) is 7. The Hall–Kier alpha value is -2.95. The number of fused-ring (bicyclic) bond motifs is 1. The van der Waals surface area contributed by atoms with E-state index in [1.165, 1.54) is 20.8 Å². The fraction of sp³-hybridized carbons (Fsp3) is 0.304. The molecular formula is C23H24N4O4S2. The average molecular weight is 485 g/mol. The number of sulfonamides is 1. The molecule has 172 valence electrons. The zero-order chi connectivity index (χ0) is 23.2. The number of thiazole rings is 1. The van der Waals surface area contributed by atoms with Crippen LogP contribution in [0.3, 0.4) is 0 Å². The van der Waals surface area contributed by atoms with Gasteiger partial charge in [0.15, 0.2) is 6.61 Å². The van der Waals surface area contributed by atoms with Gasteiger partial charge in [0, 0.05) is 44.2 Å². The molecule has 2 aliphatic rings. The third-order valence-corrected chi connectivity index (χ3v) is 8.78. The van der Waals surface area contributed by atoms with Crippen LogP contribution in [0.4, 0.5) is 11.5 Å². The standard InChI is InChI=1S/C23H24N4O4S2/c1-16-3-5-17(6-4-16)23-24-21(15-32-23)26-9-11-27(12-10-26)33(29,30)18-7-8-20-19(13-18)25(2)22(28)14-31-20/h3-8,13,15H,9-12,14H2,1-2H3. The number of amides is 1. The summed E-state index contributed by atoms with van der Waals surface area (Å²) in [6.07, 6.45) is 0. The molecule has 10 heteroatoms. The van der Waals surface area contributed by atoms with E-state index < -0.39 is 10.0 Å². The van der Waals surface area contributed by atoms with Crippen LogP contribution in [0.5, 0.6) is 5.75 Å².